The SMILES string of the molecule is Fc1ccc2c(c1)[C@H]1C=C[C@H]2C1. The van der Waals surface area contributed by atoms with Gasteiger partial charge in [0.05, 0.1) is 0 Å². The molecule has 0 heterocycles. The first-order valence-electron chi connectivity index (χ1n) is 4.32. The molecule has 2 aliphatic rings. The fraction of sp³-hybridized carbons (Fsp3) is 0.273. The maximum atomic E-state index is 12.9. The Balaban J connectivity index is 2.24. The van der Waals surface area contributed by atoms with E-state index >= 15 is 0 Å². The summed E-state index contributed by atoms with van der Waals surface area (Å²) in [5.74, 6) is 0.973. The molecule has 1 aromatic carbocycles. The van der Waals surface area contributed by atoms with Gasteiger partial charge < -0.3 is 0 Å². The fourth-order valence-corrected chi connectivity index (χ4v) is 2.36. The molecule has 1 heteroatoms. The highest BCUT2D eigenvalue weighted by Crippen LogP contribution is 2.48. The molecule has 0 radical (unpaired) electrons. The van der Waals surface area contributed by atoms with E-state index in [0.717, 1.165) is 0 Å². The van der Waals surface area contributed by atoms with Crippen LogP contribution in [0, 0.1) is 5.82 Å². The number of hydrogen-bond donors (Lipinski definition) is 0. The molecule has 0 saturated carbocycles. The standard InChI is InChI=1S/C11H9F/c12-9-3-4-10-7-1-2-8(5-7)11(10)6-9/h1-4,6-8H,5H2/t7-,8-/m0/s1. The Labute approximate surface area is 70.7 Å². The minimum Gasteiger partial charge on any atom is -0.207 e. The van der Waals surface area contributed by atoms with Crippen LogP contribution < -0.4 is 0 Å². The van der Waals surface area contributed by atoms with Crippen molar-refractivity contribution in [2.24, 2.45) is 0 Å². The van der Waals surface area contributed by atoms with Crippen molar-refractivity contribution in [2.45, 2.75) is 18.3 Å². The van der Waals surface area contributed by atoms with Crippen LogP contribution in [0.4, 0.5) is 4.39 Å². The third-order valence-corrected chi connectivity index (χ3v) is 2.93. The zero-order valence-electron chi connectivity index (χ0n) is 6.63. The van der Waals surface area contributed by atoms with Crippen LogP contribution in [0.1, 0.15) is 29.4 Å². The lowest BCUT2D eigenvalue weighted by molar-refractivity contribution is 0.625. The molecule has 0 N–H and O–H groups in total. The van der Waals surface area contributed by atoms with Gasteiger partial charge in [-0.1, -0.05) is 18.2 Å². The highest BCUT2D eigenvalue weighted by atomic mass is 19.1. The number of fused-ring (bicyclic) bond motifs is 5. The van der Waals surface area contributed by atoms with E-state index in [1.165, 1.54) is 17.5 Å². The van der Waals surface area contributed by atoms with Crippen LogP contribution in [0.25, 0.3) is 0 Å². The quantitative estimate of drug-likeness (QED) is 0.512. The average molecular weight is 160 g/mol. The Kier molecular flexibility index (Phi) is 1.06. The second kappa shape index (κ2) is 1.98. The first kappa shape index (κ1) is 6.41. The summed E-state index contributed by atoms with van der Waals surface area (Å²) < 4.78 is 12.9. The molecule has 0 unspecified atom stereocenters. The summed E-state index contributed by atoms with van der Waals surface area (Å²) in [6.07, 6.45) is 5.61. The van der Waals surface area contributed by atoms with E-state index in [1.807, 2.05) is 6.07 Å². The molecule has 0 saturated heterocycles. The van der Waals surface area contributed by atoms with Crippen molar-refractivity contribution in [3.05, 3.63) is 47.3 Å². The maximum Gasteiger partial charge on any atom is 0.123 e. The minimum atomic E-state index is -0.102. The topological polar surface area (TPSA) is 0 Å². The van der Waals surface area contributed by atoms with E-state index < -0.39 is 0 Å². The number of benzene rings is 1. The van der Waals surface area contributed by atoms with E-state index in [-0.39, 0.29) is 5.82 Å². The van der Waals surface area contributed by atoms with Gasteiger partial charge in [0.1, 0.15) is 5.82 Å². The molecule has 2 bridgehead atoms. The minimum absolute atomic E-state index is 0.102. The third kappa shape index (κ3) is 0.663. The lowest BCUT2D eigenvalue weighted by atomic mass is 9.97. The smallest absolute Gasteiger partial charge is 0.123 e. The molecule has 12 heavy (non-hydrogen) atoms. The molecule has 0 aromatic heterocycles. The molecule has 3 rings (SSSR count). The van der Waals surface area contributed by atoms with Crippen LogP contribution in [0.3, 0.4) is 0 Å². The summed E-state index contributed by atoms with van der Waals surface area (Å²) in [5, 5.41) is 0. The van der Waals surface area contributed by atoms with Crippen molar-refractivity contribution in [2.75, 3.05) is 0 Å². The van der Waals surface area contributed by atoms with Crippen LogP contribution in [0.2, 0.25) is 0 Å². The van der Waals surface area contributed by atoms with Gasteiger partial charge in [-0.3, -0.25) is 0 Å². The van der Waals surface area contributed by atoms with Crippen LogP contribution >= 0.6 is 0 Å². The van der Waals surface area contributed by atoms with Crippen molar-refractivity contribution in [1.82, 2.24) is 0 Å². The summed E-state index contributed by atoms with van der Waals surface area (Å²) in [4.78, 5) is 0. The summed E-state index contributed by atoms with van der Waals surface area (Å²) in [6, 6.07) is 5.18. The normalized spacial score (nSPS) is 29.4. The lowest BCUT2D eigenvalue weighted by Crippen LogP contribution is -1.92. The zero-order valence-corrected chi connectivity index (χ0v) is 6.63. The largest absolute Gasteiger partial charge is 0.207 e. The molecule has 0 aliphatic heterocycles. The van der Waals surface area contributed by atoms with Gasteiger partial charge in [0.2, 0.25) is 0 Å². The lowest BCUT2D eigenvalue weighted by Gasteiger charge is -2.08. The summed E-state index contributed by atoms with van der Waals surface area (Å²) in [5.41, 5.74) is 2.55. The Morgan fingerprint density at radius 1 is 1.08 bits per heavy atom. The van der Waals surface area contributed by atoms with Crippen molar-refractivity contribution in [3.8, 4) is 0 Å². The highest BCUT2D eigenvalue weighted by molar-refractivity contribution is 5.47. The van der Waals surface area contributed by atoms with E-state index in [2.05, 4.69) is 12.2 Å². The van der Waals surface area contributed by atoms with Gasteiger partial charge in [-0.15, -0.1) is 0 Å². The van der Waals surface area contributed by atoms with Crippen molar-refractivity contribution >= 4 is 0 Å². The Morgan fingerprint density at radius 3 is 2.67 bits per heavy atom. The van der Waals surface area contributed by atoms with Gasteiger partial charge >= 0.3 is 0 Å². The molecule has 1 aromatic rings. The Bertz CT molecular complexity index is 365. The predicted molar refractivity (Wildman–Crippen MR) is 45.6 cm³/mol. The summed E-state index contributed by atoms with van der Waals surface area (Å²) >= 11 is 0. The van der Waals surface area contributed by atoms with E-state index in [1.54, 1.807) is 12.1 Å². The van der Waals surface area contributed by atoms with E-state index in [0.29, 0.717) is 11.8 Å². The summed E-state index contributed by atoms with van der Waals surface area (Å²) in [6.45, 7) is 0. The van der Waals surface area contributed by atoms with Crippen LogP contribution in [0.15, 0.2) is 30.4 Å². The Morgan fingerprint density at radius 2 is 1.83 bits per heavy atom. The molecule has 0 nitrogen and oxygen atoms in total. The van der Waals surface area contributed by atoms with Gasteiger partial charge in [0.25, 0.3) is 0 Å². The monoisotopic (exact) mass is 160 g/mol. The molecule has 0 amide bonds. The van der Waals surface area contributed by atoms with Gasteiger partial charge in [0, 0.05) is 11.8 Å². The van der Waals surface area contributed by atoms with Crippen LogP contribution in [-0.2, 0) is 0 Å². The van der Waals surface area contributed by atoms with Gasteiger partial charge in [0.15, 0.2) is 0 Å². The molecule has 0 spiro atoms. The third-order valence-electron chi connectivity index (χ3n) is 2.93. The number of hydrogen-bond acceptors (Lipinski definition) is 0. The van der Waals surface area contributed by atoms with Gasteiger partial charge in [-0.25, -0.2) is 4.39 Å². The average Bonchev–Trinajstić information content (AvgIpc) is 2.63. The number of rotatable bonds is 0. The van der Waals surface area contributed by atoms with Crippen LogP contribution in [0.5, 0.6) is 0 Å². The van der Waals surface area contributed by atoms with E-state index in [9.17, 15) is 4.39 Å². The second-order valence-corrected chi connectivity index (χ2v) is 3.61. The van der Waals surface area contributed by atoms with Crippen molar-refractivity contribution < 1.29 is 4.39 Å². The Hall–Kier alpha value is -1.11. The zero-order chi connectivity index (χ0) is 8.13. The molecule has 60 valence electrons. The van der Waals surface area contributed by atoms with Gasteiger partial charge in [-0.05, 0) is 29.7 Å². The highest BCUT2D eigenvalue weighted by Gasteiger charge is 2.32. The number of halogens is 1. The van der Waals surface area contributed by atoms with Crippen LogP contribution in [-0.4, -0.2) is 0 Å². The molecular formula is C11H9F. The molecule has 2 aliphatic carbocycles. The van der Waals surface area contributed by atoms with Gasteiger partial charge in [-0.2, -0.15) is 0 Å². The first-order valence-corrected chi connectivity index (χ1v) is 4.32. The van der Waals surface area contributed by atoms with E-state index in [4.69, 9.17) is 0 Å². The second-order valence-electron chi connectivity index (χ2n) is 3.61. The molecule has 0 fully saturated rings. The predicted octanol–water partition coefficient (Wildman–Crippen LogP) is 2.97. The van der Waals surface area contributed by atoms with Crippen molar-refractivity contribution in [1.29, 1.82) is 0 Å². The van der Waals surface area contributed by atoms with Crippen molar-refractivity contribution in [3.63, 3.8) is 0 Å². The summed E-state index contributed by atoms with van der Waals surface area (Å²) in [7, 11) is 0. The number of allylic oxidation sites excluding steroid dienone is 2. The molecule has 2 atom stereocenters. The molecular weight excluding hydrogens is 151 g/mol. The first-order chi connectivity index (χ1) is 5.84. The maximum absolute atomic E-state index is 12.9. The fourth-order valence-electron chi connectivity index (χ4n) is 2.36.